The molecule has 0 saturated heterocycles. The SMILES string of the molecule is CC1CCCC(CCNC(=O)c2cc(O)ccc2O)C1. The molecule has 2 unspecified atom stereocenters. The Hall–Kier alpha value is -1.71. The average Bonchev–Trinajstić information content (AvgIpc) is 2.41. The smallest absolute Gasteiger partial charge is 0.255 e. The van der Waals surface area contributed by atoms with Gasteiger partial charge in [-0.15, -0.1) is 0 Å². The van der Waals surface area contributed by atoms with Crippen molar-refractivity contribution in [3.05, 3.63) is 23.8 Å². The lowest BCUT2D eigenvalue weighted by Crippen LogP contribution is -2.27. The standard InChI is InChI=1S/C16H23NO3/c1-11-3-2-4-12(9-11)7-8-17-16(20)14-10-13(18)5-6-15(14)19/h5-6,10-12,18-19H,2-4,7-9H2,1H3,(H,17,20). The van der Waals surface area contributed by atoms with E-state index in [-0.39, 0.29) is 23.0 Å². The van der Waals surface area contributed by atoms with E-state index in [9.17, 15) is 15.0 Å². The molecule has 0 aliphatic heterocycles. The Labute approximate surface area is 119 Å². The Morgan fingerprint density at radius 3 is 2.90 bits per heavy atom. The van der Waals surface area contributed by atoms with Gasteiger partial charge in [0.1, 0.15) is 11.5 Å². The molecule has 20 heavy (non-hydrogen) atoms. The van der Waals surface area contributed by atoms with Gasteiger partial charge in [0.25, 0.3) is 5.91 Å². The molecule has 4 heteroatoms. The second-order valence-electron chi connectivity index (χ2n) is 5.88. The largest absolute Gasteiger partial charge is 0.508 e. The molecule has 0 aromatic heterocycles. The quantitative estimate of drug-likeness (QED) is 0.741. The summed E-state index contributed by atoms with van der Waals surface area (Å²) in [5, 5.41) is 21.8. The lowest BCUT2D eigenvalue weighted by atomic mass is 9.81. The van der Waals surface area contributed by atoms with Crippen LogP contribution in [0.2, 0.25) is 0 Å². The highest BCUT2D eigenvalue weighted by Gasteiger charge is 2.19. The van der Waals surface area contributed by atoms with Crippen molar-refractivity contribution < 1.29 is 15.0 Å². The number of hydrogen-bond donors (Lipinski definition) is 3. The summed E-state index contributed by atoms with van der Waals surface area (Å²) in [5.74, 6) is 1.03. The summed E-state index contributed by atoms with van der Waals surface area (Å²) in [5.41, 5.74) is 0.127. The van der Waals surface area contributed by atoms with Crippen LogP contribution in [0.4, 0.5) is 0 Å². The van der Waals surface area contributed by atoms with Gasteiger partial charge in [-0.25, -0.2) is 0 Å². The van der Waals surface area contributed by atoms with Crippen LogP contribution in [0.25, 0.3) is 0 Å². The minimum atomic E-state index is -0.331. The van der Waals surface area contributed by atoms with Gasteiger partial charge in [0.05, 0.1) is 5.56 Å². The number of nitrogens with one attached hydrogen (secondary N) is 1. The summed E-state index contributed by atoms with van der Waals surface area (Å²) >= 11 is 0. The van der Waals surface area contributed by atoms with Crippen molar-refractivity contribution in [1.29, 1.82) is 0 Å². The molecule has 4 nitrogen and oxygen atoms in total. The van der Waals surface area contributed by atoms with Gasteiger partial charge in [0.15, 0.2) is 0 Å². The van der Waals surface area contributed by atoms with E-state index in [2.05, 4.69) is 12.2 Å². The van der Waals surface area contributed by atoms with Crippen LogP contribution in [0, 0.1) is 11.8 Å². The molecule has 1 aliphatic carbocycles. The fourth-order valence-corrected chi connectivity index (χ4v) is 3.01. The minimum absolute atomic E-state index is 0.0194. The van der Waals surface area contributed by atoms with Crippen molar-refractivity contribution in [2.45, 2.75) is 39.0 Å². The van der Waals surface area contributed by atoms with Crippen LogP contribution < -0.4 is 5.32 Å². The molecule has 2 rings (SSSR count). The maximum atomic E-state index is 11.9. The molecule has 1 fully saturated rings. The van der Waals surface area contributed by atoms with Crippen LogP contribution in [0.15, 0.2) is 18.2 Å². The molecule has 2 atom stereocenters. The monoisotopic (exact) mass is 277 g/mol. The zero-order valence-corrected chi connectivity index (χ0v) is 11.9. The van der Waals surface area contributed by atoms with E-state index in [1.54, 1.807) is 0 Å². The summed E-state index contributed by atoms with van der Waals surface area (Å²) in [4.78, 5) is 11.9. The second kappa shape index (κ2) is 6.64. The fraction of sp³-hybridized carbons (Fsp3) is 0.562. The number of aromatic hydroxyl groups is 2. The first kappa shape index (κ1) is 14.7. The van der Waals surface area contributed by atoms with Gasteiger partial charge >= 0.3 is 0 Å². The predicted molar refractivity (Wildman–Crippen MR) is 77.8 cm³/mol. The summed E-state index contributed by atoms with van der Waals surface area (Å²) in [6.07, 6.45) is 6.08. The van der Waals surface area contributed by atoms with E-state index in [0.717, 1.165) is 12.3 Å². The van der Waals surface area contributed by atoms with Crippen molar-refractivity contribution in [3.8, 4) is 11.5 Å². The molecular weight excluding hydrogens is 254 g/mol. The molecule has 1 amide bonds. The lowest BCUT2D eigenvalue weighted by molar-refractivity contribution is 0.0946. The van der Waals surface area contributed by atoms with E-state index < -0.39 is 0 Å². The van der Waals surface area contributed by atoms with Gasteiger partial charge in [-0.2, -0.15) is 0 Å². The Bertz CT molecular complexity index is 473. The minimum Gasteiger partial charge on any atom is -0.508 e. The van der Waals surface area contributed by atoms with Crippen LogP contribution in [-0.4, -0.2) is 22.7 Å². The molecule has 110 valence electrons. The molecule has 1 saturated carbocycles. The van der Waals surface area contributed by atoms with E-state index in [4.69, 9.17) is 0 Å². The molecule has 1 aromatic carbocycles. The average molecular weight is 277 g/mol. The normalized spacial score (nSPS) is 22.4. The van der Waals surface area contributed by atoms with Crippen LogP contribution in [0.5, 0.6) is 11.5 Å². The number of hydrogen-bond acceptors (Lipinski definition) is 3. The third kappa shape index (κ3) is 3.89. The van der Waals surface area contributed by atoms with Gasteiger partial charge < -0.3 is 15.5 Å². The first-order valence-electron chi connectivity index (χ1n) is 7.36. The van der Waals surface area contributed by atoms with E-state index in [1.165, 1.54) is 43.9 Å². The molecular formula is C16H23NO3. The molecule has 0 bridgehead atoms. The molecule has 1 aromatic rings. The van der Waals surface area contributed by atoms with Crippen LogP contribution in [0.1, 0.15) is 49.4 Å². The Morgan fingerprint density at radius 2 is 2.15 bits per heavy atom. The summed E-state index contributed by atoms with van der Waals surface area (Å²) in [6.45, 7) is 2.90. The van der Waals surface area contributed by atoms with Gasteiger partial charge in [0.2, 0.25) is 0 Å². The Morgan fingerprint density at radius 1 is 1.35 bits per heavy atom. The summed E-state index contributed by atoms with van der Waals surface area (Å²) in [6, 6.07) is 3.97. The van der Waals surface area contributed by atoms with E-state index >= 15 is 0 Å². The highest BCUT2D eigenvalue weighted by atomic mass is 16.3. The predicted octanol–water partition coefficient (Wildman–Crippen LogP) is 3.04. The third-order valence-electron chi connectivity index (χ3n) is 4.11. The van der Waals surface area contributed by atoms with Crippen LogP contribution >= 0.6 is 0 Å². The van der Waals surface area contributed by atoms with Gasteiger partial charge in [0, 0.05) is 6.54 Å². The molecule has 0 heterocycles. The van der Waals surface area contributed by atoms with Gasteiger partial charge in [-0.3, -0.25) is 4.79 Å². The zero-order valence-electron chi connectivity index (χ0n) is 11.9. The molecule has 1 aliphatic rings. The number of rotatable bonds is 4. The van der Waals surface area contributed by atoms with Crippen molar-refractivity contribution in [3.63, 3.8) is 0 Å². The fourth-order valence-electron chi connectivity index (χ4n) is 3.01. The third-order valence-corrected chi connectivity index (χ3v) is 4.11. The summed E-state index contributed by atoms with van der Waals surface area (Å²) < 4.78 is 0. The maximum Gasteiger partial charge on any atom is 0.255 e. The number of carbonyl (C=O) groups excluding carboxylic acids is 1. The molecule has 0 spiro atoms. The topological polar surface area (TPSA) is 69.6 Å². The van der Waals surface area contributed by atoms with E-state index in [1.807, 2.05) is 0 Å². The number of amides is 1. The number of phenols is 2. The van der Waals surface area contributed by atoms with Crippen molar-refractivity contribution in [2.75, 3.05) is 6.54 Å². The van der Waals surface area contributed by atoms with Crippen molar-refractivity contribution in [1.82, 2.24) is 5.32 Å². The Balaban J connectivity index is 1.81. The highest BCUT2D eigenvalue weighted by molar-refractivity contribution is 5.97. The highest BCUT2D eigenvalue weighted by Crippen LogP contribution is 2.30. The van der Waals surface area contributed by atoms with E-state index in [0.29, 0.717) is 12.5 Å². The molecule has 0 radical (unpaired) electrons. The lowest BCUT2D eigenvalue weighted by Gasteiger charge is -2.26. The first-order valence-corrected chi connectivity index (χ1v) is 7.36. The van der Waals surface area contributed by atoms with Crippen LogP contribution in [-0.2, 0) is 0 Å². The second-order valence-corrected chi connectivity index (χ2v) is 5.88. The Kier molecular flexibility index (Phi) is 4.88. The molecule has 3 N–H and O–H groups in total. The van der Waals surface area contributed by atoms with Gasteiger partial charge in [-0.1, -0.05) is 26.2 Å². The number of carbonyl (C=O) groups is 1. The number of phenolic OH excluding ortho intramolecular Hbond substituents is 2. The zero-order chi connectivity index (χ0) is 14.5. The maximum absolute atomic E-state index is 11.9. The first-order chi connectivity index (χ1) is 9.56. The van der Waals surface area contributed by atoms with Crippen molar-refractivity contribution in [2.24, 2.45) is 11.8 Å². The van der Waals surface area contributed by atoms with Gasteiger partial charge in [-0.05, 0) is 42.9 Å². The number of benzene rings is 1. The summed E-state index contributed by atoms with van der Waals surface area (Å²) in [7, 11) is 0. The van der Waals surface area contributed by atoms with Crippen LogP contribution in [0.3, 0.4) is 0 Å². The van der Waals surface area contributed by atoms with Crippen molar-refractivity contribution >= 4 is 5.91 Å².